The molecule has 2 N–H and O–H groups in total. The van der Waals surface area contributed by atoms with Crippen LogP contribution in [0.2, 0.25) is 0 Å². The average Bonchev–Trinajstić information content (AvgIpc) is 3.25. The molecule has 1 aliphatic rings. The van der Waals surface area contributed by atoms with Gasteiger partial charge in [-0.05, 0) is 12.8 Å². The molecule has 0 radical (unpaired) electrons. The minimum absolute atomic E-state index is 0.0240. The maximum absolute atomic E-state index is 11.7. The van der Waals surface area contributed by atoms with Crippen molar-refractivity contribution in [3.8, 4) is 11.3 Å². The molecule has 1 aromatic heterocycles. The van der Waals surface area contributed by atoms with Gasteiger partial charge in [0.2, 0.25) is 11.8 Å². The first-order valence-electron chi connectivity index (χ1n) is 7.77. The summed E-state index contributed by atoms with van der Waals surface area (Å²) in [5, 5.41) is 5.42. The summed E-state index contributed by atoms with van der Waals surface area (Å²) in [7, 11) is 0. The second-order valence-corrected chi connectivity index (χ2v) is 5.60. The van der Waals surface area contributed by atoms with E-state index in [0.717, 1.165) is 18.4 Å². The molecule has 0 aliphatic heterocycles. The maximum atomic E-state index is 11.7. The van der Waals surface area contributed by atoms with Crippen LogP contribution in [0.4, 0.5) is 0 Å². The van der Waals surface area contributed by atoms with E-state index in [0.29, 0.717) is 24.1 Å². The van der Waals surface area contributed by atoms with E-state index in [1.54, 1.807) is 6.20 Å². The fourth-order valence-corrected chi connectivity index (χ4v) is 2.16. The van der Waals surface area contributed by atoms with E-state index < -0.39 is 0 Å². The lowest BCUT2D eigenvalue weighted by molar-refractivity contribution is -0.126. The minimum Gasteiger partial charge on any atom is -0.441 e. The summed E-state index contributed by atoms with van der Waals surface area (Å²) in [4.78, 5) is 27.4. The van der Waals surface area contributed by atoms with Crippen molar-refractivity contribution in [3.63, 3.8) is 0 Å². The molecule has 1 aromatic carbocycles. The first-order valence-corrected chi connectivity index (χ1v) is 7.77. The molecule has 0 saturated heterocycles. The largest absolute Gasteiger partial charge is 0.441 e. The Labute approximate surface area is 134 Å². The van der Waals surface area contributed by atoms with Gasteiger partial charge in [-0.1, -0.05) is 30.3 Å². The molecule has 1 aliphatic carbocycles. The van der Waals surface area contributed by atoms with E-state index in [-0.39, 0.29) is 24.8 Å². The first-order chi connectivity index (χ1) is 11.2. The first kappa shape index (κ1) is 15.3. The van der Waals surface area contributed by atoms with Gasteiger partial charge in [0.15, 0.2) is 11.7 Å². The van der Waals surface area contributed by atoms with Crippen LogP contribution in [0.15, 0.2) is 40.9 Å². The smallest absolute Gasteiger partial charge is 0.239 e. The van der Waals surface area contributed by atoms with Gasteiger partial charge in [-0.2, -0.15) is 0 Å². The number of carbonyl (C=O) groups excluding carboxylic acids is 2. The van der Waals surface area contributed by atoms with E-state index in [1.165, 1.54) is 0 Å². The topological polar surface area (TPSA) is 84.2 Å². The van der Waals surface area contributed by atoms with Crippen LogP contribution in [0, 0.1) is 0 Å². The van der Waals surface area contributed by atoms with Crippen LogP contribution in [-0.4, -0.2) is 29.4 Å². The number of nitrogens with one attached hydrogen (secondary N) is 2. The molecular formula is C17H19N3O3. The molecule has 2 amide bonds. The third kappa shape index (κ3) is 4.67. The Morgan fingerprint density at radius 3 is 2.70 bits per heavy atom. The Kier molecular flexibility index (Phi) is 4.71. The van der Waals surface area contributed by atoms with Crippen molar-refractivity contribution in [3.05, 3.63) is 42.4 Å². The van der Waals surface area contributed by atoms with Gasteiger partial charge in [0, 0.05) is 24.4 Å². The van der Waals surface area contributed by atoms with Crippen molar-refractivity contribution in [2.45, 2.75) is 31.7 Å². The third-order valence-corrected chi connectivity index (χ3v) is 3.57. The van der Waals surface area contributed by atoms with Gasteiger partial charge >= 0.3 is 0 Å². The fourth-order valence-electron chi connectivity index (χ4n) is 2.16. The van der Waals surface area contributed by atoms with E-state index in [9.17, 15) is 9.59 Å². The van der Waals surface area contributed by atoms with Crippen LogP contribution < -0.4 is 10.6 Å². The molecular weight excluding hydrogens is 294 g/mol. The van der Waals surface area contributed by atoms with Crippen molar-refractivity contribution in [1.82, 2.24) is 15.6 Å². The Morgan fingerprint density at radius 1 is 1.17 bits per heavy atom. The molecule has 0 bridgehead atoms. The zero-order valence-corrected chi connectivity index (χ0v) is 12.7. The molecule has 2 aromatic rings. The Bertz CT molecular complexity index is 677. The van der Waals surface area contributed by atoms with E-state index in [1.807, 2.05) is 30.3 Å². The molecule has 1 saturated carbocycles. The number of benzene rings is 1. The number of aryl methyl sites for hydroxylation is 1. The number of nitrogens with zero attached hydrogens (tertiary/aromatic N) is 1. The summed E-state index contributed by atoms with van der Waals surface area (Å²) in [6.07, 6.45) is 4.38. The van der Waals surface area contributed by atoms with Crippen molar-refractivity contribution in [2.24, 2.45) is 0 Å². The highest BCUT2D eigenvalue weighted by atomic mass is 16.4. The SMILES string of the molecule is O=C(CCc1ncc(-c2ccccc2)o1)NCC(=O)NC1CC1. The highest BCUT2D eigenvalue weighted by Crippen LogP contribution is 2.20. The minimum atomic E-state index is -0.185. The average molecular weight is 313 g/mol. The van der Waals surface area contributed by atoms with Gasteiger partial charge in [-0.3, -0.25) is 9.59 Å². The van der Waals surface area contributed by atoms with Crippen LogP contribution in [0.5, 0.6) is 0 Å². The number of carbonyl (C=O) groups is 2. The normalized spacial score (nSPS) is 13.6. The molecule has 6 nitrogen and oxygen atoms in total. The van der Waals surface area contributed by atoms with Crippen LogP contribution in [0.3, 0.4) is 0 Å². The highest BCUT2D eigenvalue weighted by molar-refractivity contribution is 5.84. The molecule has 1 fully saturated rings. The van der Waals surface area contributed by atoms with Crippen molar-refractivity contribution in [2.75, 3.05) is 6.54 Å². The monoisotopic (exact) mass is 313 g/mol. The maximum Gasteiger partial charge on any atom is 0.239 e. The summed E-state index contributed by atoms with van der Waals surface area (Å²) >= 11 is 0. The van der Waals surface area contributed by atoms with Gasteiger partial charge in [0.1, 0.15) is 0 Å². The lowest BCUT2D eigenvalue weighted by atomic mass is 10.2. The van der Waals surface area contributed by atoms with Crippen LogP contribution in [-0.2, 0) is 16.0 Å². The number of oxazole rings is 1. The Balaban J connectivity index is 1.42. The Morgan fingerprint density at radius 2 is 1.96 bits per heavy atom. The number of hydrogen-bond acceptors (Lipinski definition) is 4. The quantitative estimate of drug-likeness (QED) is 0.814. The third-order valence-electron chi connectivity index (χ3n) is 3.57. The van der Waals surface area contributed by atoms with Gasteiger partial charge in [0.05, 0.1) is 12.7 Å². The summed E-state index contributed by atoms with van der Waals surface area (Å²) in [6.45, 7) is 0.0240. The summed E-state index contributed by atoms with van der Waals surface area (Å²) in [6, 6.07) is 9.98. The number of rotatable bonds is 7. The molecule has 3 rings (SSSR count). The van der Waals surface area contributed by atoms with Gasteiger partial charge in [-0.15, -0.1) is 0 Å². The van der Waals surface area contributed by atoms with Gasteiger partial charge in [0.25, 0.3) is 0 Å². The predicted octanol–water partition coefficient (Wildman–Crippen LogP) is 1.67. The van der Waals surface area contributed by atoms with E-state index >= 15 is 0 Å². The lowest BCUT2D eigenvalue weighted by Crippen LogP contribution is -2.37. The summed E-state index contributed by atoms with van der Waals surface area (Å²) in [5.74, 6) is 0.880. The number of hydrogen-bond donors (Lipinski definition) is 2. The van der Waals surface area contributed by atoms with Gasteiger partial charge in [-0.25, -0.2) is 4.98 Å². The number of aromatic nitrogens is 1. The van der Waals surface area contributed by atoms with Crippen molar-refractivity contribution >= 4 is 11.8 Å². The summed E-state index contributed by atoms with van der Waals surface area (Å²) in [5.41, 5.74) is 0.951. The second-order valence-electron chi connectivity index (χ2n) is 5.60. The summed E-state index contributed by atoms with van der Waals surface area (Å²) < 4.78 is 5.64. The fraction of sp³-hybridized carbons (Fsp3) is 0.353. The molecule has 120 valence electrons. The van der Waals surface area contributed by atoms with Crippen molar-refractivity contribution < 1.29 is 14.0 Å². The molecule has 6 heteroatoms. The van der Waals surface area contributed by atoms with Crippen LogP contribution in [0.1, 0.15) is 25.2 Å². The number of amides is 2. The van der Waals surface area contributed by atoms with Gasteiger partial charge < -0.3 is 15.1 Å². The zero-order chi connectivity index (χ0) is 16.1. The molecule has 1 heterocycles. The van der Waals surface area contributed by atoms with E-state index in [4.69, 9.17) is 4.42 Å². The lowest BCUT2D eigenvalue weighted by Gasteiger charge is -2.05. The standard InChI is InChI=1S/C17H19N3O3/c21-15(18-11-16(22)20-13-6-7-13)8-9-17-19-10-14(23-17)12-4-2-1-3-5-12/h1-5,10,13H,6-9,11H2,(H,18,21)(H,20,22). The van der Waals surface area contributed by atoms with Crippen molar-refractivity contribution in [1.29, 1.82) is 0 Å². The van der Waals surface area contributed by atoms with Crippen LogP contribution in [0.25, 0.3) is 11.3 Å². The molecule has 0 unspecified atom stereocenters. The Hall–Kier alpha value is -2.63. The molecule has 0 spiro atoms. The second kappa shape index (κ2) is 7.09. The van der Waals surface area contributed by atoms with E-state index in [2.05, 4.69) is 15.6 Å². The predicted molar refractivity (Wildman–Crippen MR) is 84.4 cm³/mol. The highest BCUT2D eigenvalue weighted by Gasteiger charge is 2.23. The molecule has 23 heavy (non-hydrogen) atoms. The molecule has 0 atom stereocenters. The van der Waals surface area contributed by atoms with Crippen LogP contribution >= 0.6 is 0 Å². The zero-order valence-electron chi connectivity index (χ0n) is 12.7.